The Morgan fingerprint density at radius 2 is 1.86 bits per heavy atom. The van der Waals surface area contributed by atoms with Crippen LogP contribution < -0.4 is 4.74 Å². The fourth-order valence-corrected chi connectivity index (χ4v) is 1.65. The van der Waals surface area contributed by atoms with Crippen LogP contribution in [-0.4, -0.2) is 45.2 Å². The van der Waals surface area contributed by atoms with Crippen LogP contribution in [0.2, 0.25) is 0 Å². The Hall–Kier alpha value is -2.45. The molecular formula is C13H18N2O6. The topological polar surface area (TPSA) is 145 Å². The van der Waals surface area contributed by atoms with E-state index in [0.29, 0.717) is 23.4 Å². The number of pyridine rings is 2. The molecule has 2 heterocycles. The van der Waals surface area contributed by atoms with E-state index in [2.05, 4.69) is 9.97 Å². The SMILES string of the molecule is CCOC(=O)c1cnc2ncc(OCC)cc2c1O.O.O. The van der Waals surface area contributed by atoms with Gasteiger partial charge in [-0.15, -0.1) is 0 Å². The summed E-state index contributed by atoms with van der Waals surface area (Å²) in [4.78, 5) is 19.7. The van der Waals surface area contributed by atoms with Crippen LogP contribution in [0, 0.1) is 0 Å². The normalized spacial score (nSPS) is 9.43. The zero-order valence-electron chi connectivity index (χ0n) is 11.7. The Morgan fingerprint density at radius 3 is 2.48 bits per heavy atom. The lowest BCUT2D eigenvalue weighted by molar-refractivity contribution is 0.0523. The summed E-state index contributed by atoms with van der Waals surface area (Å²) < 4.78 is 10.1. The van der Waals surface area contributed by atoms with Crippen molar-refractivity contribution in [3.05, 3.63) is 24.0 Å². The van der Waals surface area contributed by atoms with E-state index in [0.717, 1.165) is 0 Å². The highest BCUT2D eigenvalue weighted by atomic mass is 16.5. The molecule has 0 aliphatic carbocycles. The molecular weight excluding hydrogens is 280 g/mol. The number of aromatic nitrogens is 2. The summed E-state index contributed by atoms with van der Waals surface area (Å²) in [5.41, 5.74) is 0.360. The first-order chi connectivity index (χ1) is 9.17. The lowest BCUT2D eigenvalue weighted by atomic mass is 10.2. The maximum atomic E-state index is 11.6. The number of aromatic hydroxyl groups is 1. The van der Waals surface area contributed by atoms with Gasteiger partial charge in [-0.2, -0.15) is 0 Å². The zero-order valence-corrected chi connectivity index (χ0v) is 11.7. The Labute approximate surface area is 121 Å². The molecule has 2 aromatic heterocycles. The van der Waals surface area contributed by atoms with Crippen LogP contribution in [-0.2, 0) is 4.74 Å². The molecule has 0 aromatic carbocycles. The third kappa shape index (κ3) is 3.77. The van der Waals surface area contributed by atoms with Gasteiger partial charge in [0.2, 0.25) is 0 Å². The molecule has 0 saturated carbocycles. The molecule has 8 heteroatoms. The number of rotatable bonds is 4. The zero-order chi connectivity index (χ0) is 13.8. The fourth-order valence-electron chi connectivity index (χ4n) is 1.65. The Morgan fingerprint density at radius 1 is 1.19 bits per heavy atom. The Kier molecular flexibility index (Phi) is 7.05. The molecule has 0 unspecified atom stereocenters. The van der Waals surface area contributed by atoms with Crippen LogP contribution in [0.3, 0.4) is 0 Å². The third-order valence-corrected chi connectivity index (χ3v) is 2.47. The number of carbonyl (C=O) groups is 1. The second-order valence-corrected chi connectivity index (χ2v) is 3.72. The molecule has 116 valence electrons. The van der Waals surface area contributed by atoms with Crippen LogP contribution in [0.5, 0.6) is 11.5 Å². The third-order valence-electron chi connectivity index (χ3n) is 2.47. The van der Waals surface area contributed by atoms with Gasteiger partial charge in [-0.25, -0.2) is 14.8 Å². The number of nitrogens with zero attached hydrogens (tertiary/aromatic N) is 2. The highest BCUT2D eigenvalue weighted by Crippen LogP contribution is 2.29. The second kappa shape index (κ2) is 7.98. The molecule has 0 radical (unpaired) electrons. The minimum atomic E-state index is -0.615. The summed E-state index contributed by atoms with van der Waals surface area (Å²) in [6.07, 6.45) is 2.77. The van der Waals surface area contributed by atoms with Crippen LogP contribution in [0.25, 0.3) is 11.0 Å². The largest absolute Gasteiger partial charge is 0.506 e. The molecule has 0 atom stereocenters. The summed E-state index contributed by atoms with van der Waals surface area (Å²) in [7, 11) is 0. The first kappa shape index (κ1) is 18.6. The van der Waals surface area contributed by atoms with E-state index in [9.17, 15) is 9.90 Å². The summed E-state index contributed by atoms with van der Waals surface area (Å²) in [6, 6.07) is 1.59. The van der Waals surface area contributed by atoms with Crippen molar-refractivity contribution in [3.63, 3.8) is 0 Å². The average molecular weight is 298 g/mol. The molecule has 0 spiro atoms. The summed E-state index contributed by atoms with van der Waals surface area (Å²) in [5, 5.41) is 10.5. The van der Waals surface area contributed by atoms with Crippen molar-refractivity contribution in [2.75, 3.05) is 13.2 Å². The van der Waals surface area contributed by atoms with Crippen LogP contribution in [0.15, 0.2) is 18.5 Å². The number of ether oxygens (including phenoxy) is 2. The quantitative estimate of drug-likeness (QED) is 0.801. The van der Waals surface area contributed by atoms with Gasteiger partial charge in [0.15, 0.2) is 5.65 Å². The van der Waals surface area contributed by atoms with Gasteiger partial charge in [0, 0.05) is 6.20 Å². The van der Waals surface area contributed by atoms with E-state index in [1.54, 1.807) is 13.0 Å². The van der Waals surface area contributed by atoms with Gasteiger partial charge >= 0.3 is 5.97 Å². The van der Waals surface area contributed by atoms with Crippen molar-refractivity contribution in [1.29, 1.82) is 0 Å². The number of carbonyl (C=O) groups excluding carboxylic acids is 1. The van der Waals surface area contributed by atoms with E-state index in [1.807, 2.05) is 6.92 Å². The maximum absolute atomic E-state index is 11.6. The monoisotopic (exact) mass is 298 g/mol. The van der Waals surface area contributed by atoms with E-state index >= 15 is 0 Å². The van der Waals surface area contributed by atoms with Gasteiger partial charge in [-0.1, -0.05) is 0 Å². The van der Waals surface area contributed by atoms with E-state index in [4.69, 9.17) is 9.47 Å². The minimum absolute atomic E-state index is 0. The van der Waals surface area contributed by atoms with Crippen molar-refractivity contribution in [2.24, 2.45) is 0 Å². The first-order valence-corrected chi connectivity index (χ1v) is 5.95. The second-order valence-electron chi connectivity index (χ2n) is 3.72. The molecule has 0 fully saturated rings. The molecule has 0 aliphatic heterocycles. The van der Waals surface area contributed by atoms with E-state index < -0.39 is 5.97 Å². The smallest absolute Gasteiger partial charge is 0.343 e. The van der Waals surface area contributed by atoms with Crippen molar-refractivity contribution in [1.82, 2.24) is 9.97 Å². The molecule has 21 heavy (non-hydrogen) atoms. The number of esters is 1. The van der Waals surface area contributed by atoms with Gasteiger partial charge in [-0.05, 0) is 19.9 Å². The first-order valence-electron chi connectivity index (χ1n) is 5.95. The molecule has 2 rings (SSSR count). The van der Waals surface area contributed by atoms with Gasteiger partial charge < -0.3 is 25.5 Å². The lowest BCUT2D eigenvalue weighted by Gasteiger charge is -2.08. The van der Waals surface area contributed by atoms with Gasteiger partial charge in [-0.3, -0.25) is 0 Å². The molecule has 0 amide bonds. The summed E-state index contributed by atoms with van der Waals surface area (Å²) in [6.45, 7) is 4.25. The minimum Gasteiger partial charge on any atom is -0.506 e. The lowest BCUT2D eigenvalue weighted by Crippen LogP contribution is -2.06. The molecule has 0 saturated heterocycles. The molecule has 8 nitrogen and oxygen atoms in total. The van der Waals surface area contributed by atoms with Crippen LogP contribution in [0.4, 0.5) is 0 Å². The van der Waals surface area contributed by atoms with Gasteiger partial charge in [0.1, 0.15) is 17.1 Å². The fraction of sp³-hybridized carbons (Fsp3) is 0.308. The highest BCUT2D eigenvalue weighted by molar-refractivity contribution is 5.98. The number of fused-ring (bicyclic) bond motifs is 1. The van der Waals surface area contributed by atoms with Crippen molar-refractivity contribution in [3.8, 4) is 11.5 Å². The molecule has 2 aromatic rings. The predicted molar refractivity (Wildman–Crippen MR) is 75.6 cm³/mol. The summed E-state index contributed by atoms with van der Waals surface area (Å²) >= 11 is 0. The van der Waals surface area contributed by atoms with E-state index in [-0.39, 0.29) is 28.9 Å². The van der Waals surface area contributed by atoms with Crippen molar-refractivity contribution in [2.45, 2.75) is 13.8 Å². The summed E-state index contributed by atoms with van der Waals surface area (Å²) in [5.74, 6) is -0.304. The Bertz CT molecular complexity index is 617. The van der Waals surface area contributed by atoms with E-state index in [1.165, 1.54) is 12.4 Å². The highest BCUT2D eigenvalue weighted by Gasteiger charge is 2.16. The van der Waals surface area contributed by atoms with Crippen molar-refractivity contribution >= 4 is 17.0 Å². The average Bonchev–Trinajstić information content (AvgIpc) is 2.40. The van der Waals surface area contributed by atoms with Crippen LogP contribution in [0.1, 0.15) is 24.2 Å². The Balaban J connectivity index is 0.00000200. The molecule has 5 N–H and O–H groups in total. The van der Waals surface area contributed by atoms with Crippen molar-refractivity contribution < 1.29 is 30.3 Å². The number of hydrogen-bond donors (Lipinski definition) is 1. The van der Waals surface area contributed by atoms with Crippen LogP contribution >= 0.6 is 0 Å². The molecule has 0 aliphatic rings. The predicted octanol–water partition coefficient (Wildman–Crippen LogP) is 0.261. The number of hydrogen-bond acceptors (Lipinski definition) is 6. The standard InChI is InChI=1S/C13H14N2O4.2H2O/c1-3-18-8-5-9-11(16)10(13(17)19-4-2)7-15-12(9)14-6-8;;/h5-7H,3-4H2,1-2H3,(H,14,15,16);2*1H2. The molecule has 0 bridgehead atoms. The van der Waals surface area contributed by atoms with Gasteiger partial charge in [0.25, 0.3) is 0 Å². The van der Waals surface area contributed by atoms with Gasteiger partial charge in [0.05, 0.1) is 24.8 Å². The maximum Gasteiger partial charge on any atom is 0.343 e.